The fraction of sp³-hybridized carbons (Fsp3) is 0.714. The topological polar surface area (TPSA) is 9.23 Å². The van der Waals surface area contributed by atoms with Gasteiger partial charge in [-0.1, -0.05) is 58.9 Å². The molecule has 1 aromatic rings. The van der Waals surface area contributed by atoms with Crippen LogP contribution in [-0.4, -0.2) is 6.61 Å². The first-order valence-corrected chi connectivity index (χ1v) is 8.87. The second kappa shape index (κ2) is 6.74. The molecule has 1 fully saturated rings. The van der Waals surface area contributed by atoms with E-state index in [-0.39, 0.29) is 0 Å². The summed E-state index contributed by atoms with van der Waals surface area (Å²) in [7, 11) is 0. The molecular weight excluding hydrogens is 268 g/mol. The lowest BCUT2D eigenvalue weighted by Crippen LogP contribution is -2.41. The van der Waals surface area contributed by atoms with Gasteiger partial charge in [0, 0.05) is 0 Å². The predicted molar refractivity (Wildman–Crippen MR) is 94.9 cm³/mol. The summed E-state index contributed by atoms with van der Waals surface area (Å²) in [5, 5.41) is 0. The fourth-order valence-electron chi connectivity index (χ4n) is 3.65. The summed E-state index contributed by atoms with van der Waals surface area (Å²) in [5.74, 6) is 1.42. The van der Waals surface area contributed by atoms with Gasteiger partial charge in [-0.3, -0.25) is 0 Å². The number of hydrogen-bond acceptors (Lipinski definition) is 1. The molecule has 1 heteroatoms. The Morgan fingerprint density at radius 3 is 2.45 bits per heavy atom. The van der Waals surface area contributed by atoms with Crippen LogP contribution in [0.3, 0.4) is 0 Å². The first-order valence-electron chi connectivity index (χ1n) is 8.87. The van der Waals surface area contributed by atoms with Crippen LogP contribution in [0.2, 0.25) is 0 Å². The Labute approximate surface area is 137 Å². The van der Waals surface area contributed by atoms with Crippen molar-refractivity contribution in [3.8, 4) is 0 Å². The first-order chi connectivity index (χ1) is 10.2. The van der Waals surface area contributed by atoms with E-state index >= 15 is 0 Å². The van der Waals surface area contributed by atoms with Gasteiger partial charge >= 0.3 is 0 Å². The average Bonchev–Trinajstić information content (AvgIpc) is 2.45. The lowest BCUT2D eigenvalue weighted by atomic mass is 9.57. The normalized spacial score (nSPS) is 28.0. The second-order valence-electron chi connectivity index (χ2n) is 8.64. The fourth-order valence-corrected chi connectivity index (χ4v) is 3.65. The molecule has 0 heterocycles. The van der Waals surface area contributed by atoms with Gasteiger partial charge in [0.1, 0.15) is 0 Å². The van der Waals surface area contributed by atoms with E-state index in [0.717, 1.165) is 19.1 Å². The van der Waals surface area contributed by atoms with Crippen LogP contribution in [0.4, 0.5) is 0 Å². The molecular formula is C21H34O. The highest BCUT2D eigenvalue weighted by atomic mass is 16.5. The van der Waals surface area contributed by atoms with E-state index in [1.807, 2.05) is 0 Å². The minimum Gasteiger partial charge on any atom is -0.376 e. The number of aryl methyl sites for hydroxylation is 1. The zero-order valence-electron chi connectivity index (χ0n) is 15.4. The molecule has 1 aliphatic rings. The third-order valence-corrected chi connectivity index (χ3v) is 6.39. The van der Waals surface area contributed by atoms with Crippen LogP contribution in [0.5, 0.6) is 0 Å². The van der Waals surface area contributed by atoms with Crippen molar-refractivity contribution < 1.29 is 4.74 Å². The second-order valence-corrected chi connectivity index (χ2v) is 8.64. The van der Waals surface area contributed by atoms with Crippen molar-refractivity contribution in [1.29, 1.82) is 0 Å². The molecule has 0 unspecified atom stereocenters. The van der Waals surface area contributed by atoms with E-state index in [9.17, 15) is 0 Å². The third kappa shape index (κ3) is 3.93. The van der Waals surface area contributed by atoms with Gasteiger partial charge in [0.25, 0.3) is 0 Å². The first kappa shape index (κ1) is 17.5. The summed E-state index contributed by atoms with van der Waals surface area (Å²) in [5.41, 5.74) is 3.53. The molecule has 1 saturated carbocycles. The van der Waals surface area contributed by atoms with Crippen molar-refractivity contribution in [1.82, 2.24) is 0 Å². The maximum atomic E-state index is 6.15. The van der Waals surface area contributed by atoms with Crippen LogP contribution in [-0.2, 0) is 11.3 Å². The molecule has 1 nitrogen and oxygen atoms in total. The van der Waals surface area contributed by atoms with Gasteiger partial charge < -0.3 is 4.74 Å². The maximum Gasteiger partial charge on any atom is 0.0719 e. The molecule has 0 radical (unpaired) electrons. The van der Waals surface area contributed by atoms with Crippen LogP contribution in [0, 0.1) is 29.6 Å². The minimum absolute atomic E-state index is 0.403. The van der Waals surface area contributed by atoms with Crippen LogP contribution in [0.15, 0.2) is 24.3 Å². The molecule has 124 valence electrons. The number of hydrogen-bond donors (Lipinski definition) is 0. The average molecular weight is 303 g/mol. The maximum absolute atomic E-state index is 6.15. The predicted octanol–water partition coefficient (Wildman–Crippen LogP) is 6.00. The zero-order valence-corrected chi connectivity index (χ0v) is 15.4. The lowest BCUT2D eigenvalue weighted by Gasteiger charge is -2.49. The van der Waals surface area contributed by atoms with E-state index in [4.69, 9.17) is 4.74 Å². The summed E-state index contributed by atoms with van der Waals surface area (Å²) in [6, 6.07) is 8.54. The van der Waals surface area contributed by atoms with Crippen LogP contribution < -0.4 is 0 Å². The molecule has 0 bridgehead atoms. The van der Waals surface area contributed by atoms with E-state index in [1.165, 1.54) is 30.4 Å². The molecule has 1 aliphatic carbocycles. The highest BCUT2D eigenvalue weighted by molar-refractivity contribution is 5.24. The van der Waals surface area contributed by atoms with Crippen LogP contribution in [0.1, 0.15) is 65.0 Å². The van der Waals surface area contributed by atoms with Crippen molar-refractivity contribution in [3.05, 3.63) is 35.4 Å². The Bertz CT molecular complexity index is 488. The van der Waals surface area contributed by atoms with E-state index in [0.29, 0.717) is 16.7 Å². The smallest absolute Gasteiger partial charge is 0.0719 e. The molecule has 22 heavy (non-hydrogen) atoms. The molecule has 1 aromatic carbocycles. The molecule has 0 amide bonds. The monoisotopic (exact) mass is 302 g/mol. The number of ether oxygens (including phenoxy) is 1. The Morgan fingerprint density at radius 1 is 1.14 bits per heavy atom. The van der Waals surface area contributed by atoms with Gasteiger partial charge in [0.15, 0.2) is 0 Å². The van der Waals surface area contributed by atoms with Crippen molar-refractivity contribution in [2.75, 3.05) is 6.61 Å². The summed E-state index contributed by atoms with van der Waals surface area (Å²) < 4.78 is 6.15. The highest BCUT2D eigenvalue weighted by Gasteiger charge is 2.43. The van der Waals surface area contributed by atoms with Gasteiger partial charge in [0.05, 0.1) is 13.2 Å². The Kier molecular flexibility index (Phi) is 5.37. The summed E-state index contributed by atoms with van der Waals surface area (Å²) >= 11 is 0. The molecule has 0 aromatic heterocycles. The Balaban J connectivity index is 1.96. The molecule has 0 N–H and O–H groups in total. The Hall–Kier alpha value is -0.820. The van der Waals surface area contributed by atoms with Crippen LogP contribution >= 0.6 is 0 Å². The quantitative estimate of drug-likeness (QED) is 0.648. The van der Waals surface area contributed by atoms with E-state index < -0.39 is 0 Å². The minimum atomic E-state index is 0.403. The van der Waals surface area contributed by atoms with Gasteiger partial charge in [0.2, 0.25) is 0 Å². The summed E-state index contributed by atoms with van der Waals surface area (Å²) in [4.78, 5) is 0. The van der Waals surface area contributed by atoms with Crippen molar-refractivity contribution in [2.45, 2.75) is 67.4 Å². The largest absolute Gasteiger partial charge is 0.376 e. The Morgan fingerprint density at radius 2 is 1.82 bits per heavy atom. The highest BCUT2D eigenvalue weighted by Crippen LogP contribution is 2.51. The van der Waals surface area contributed by atoms with Gasteiger partial charge in [-0.2, -0.15) is 0 Å². The zero-order chi connectivity index (χ0) is 16.4. The lowest BCUT2D eigenvalue weighted by molar-refractivity contribution is -0.0381. The SMILES string of the molecule is Cc1ccccc1COC[C@@H]1C[C@@](C)(C(C)C)CCC1(C)C. The van der Waals surface area contributed by atoms with Crippen LogP contribution in [0.25, 0.3) is 0 Å². The van der Waals surface area contributed by atoms with E-state index in [2.05, 4.69) is 65.8 Å². The van der Waals surface area contributed by atoms with Crippen molar-refractivity contribution in [3.63, 3.8) is 0 Å². The standard InChI is InChI=1S/C21H34O/c1-16(2)21(6)12-11-20(4,5)19(13-21)15-22-14-18-10-8-7-9-17(18)3/h7-10,16,19H,11-15H2,1-6H3/t19-,21-/m0/s1. The number of rotatable bonds is 5. The van der Waals surface area contributed by atoms with Gasteiger partial charge in [-0.05, 0) is 60.0 Å². The van der Waals surface area contributed by atoms with Gasteiger partial charge in [-0.25, -0.2) is 0 Å². The molecule has 0 saturated heterocycles. The third-order valence-electron chi connectivity index (χ3n) is 6.39. The molecule has 0 spiro atoms. The molecule has 2 atom stereocenters. The van der Waals surface area contributed by atoms with E-state index in [1.54, 1.807) is 0 Å². The van der Waals surface area contributed by atoms with Crippen molar-refractivity contribution >= 4 is 0 Å². The summed E-state index contributed by atoms with van der Waals surface area (Å²) in [6.45, 7) is 15.9. The van der Waals surface area contributed by atoms with Gasteiger partial charge in [-0.15, -0.1) is 0 Å². The molecule has 0 aliphatic heterocycles. The summed E-state index contributed by atoms with van der Waals surface area (Å²) in [6.07, 6.45) is 3.97. The number of benzene rings is 1. The molecule has 2 rings (SSSR count). The van der Waals surface area contributed by atoms with Crippen molar-refractivity contribution in [2.24, 2.45) is 22.7 Å².